The number of ketones is 1. The van der Waals surface area contributed by atoms with Crippen LogP contribution >= 0.6 is 11.6 Å². The molecule has 1 N–H and O–H groups in total. The topological polar surface area (TPSA) is 64.0 Å². The van der Waals surface area contributed by atoms with Crippen LogP contribution in [0.4, 0.5) is 0 Å². The van der Waals surface area contributed by atoms with E-state index < -0.39 is 11.2 Å². The normalized spacial score (nSPS) is 10.7. The van der Waals surface area contributed by atoms with Crippen molar-refractivity contribution in [3.63, 3.8) is 0 Å². The molecule has 0 aliphatic carbocycles. The predicted molar refractivity (Wildman–Crippen MR) is 77.4 cm³/mol. The molecule has 20 heavy (non-hydrogen) atoms. The fraction of sp³-hybridized carbons (Fsp3) is 0.0714. The summed E-state index contributed by atoms with van der Waals surface area (Å²) < 4.78 is 1.41. The van der Waals surface area contributed by atoms with Crippen LogP contribution < -0.4 is 10.7 Å². The lowest BCUT2D eigenvalue weighted by Gasteiger charge is -2.07. The Morgan fingerprint density at radius 1 is 1.35 bits per heavy atom. The van der Waals surface area contributed by atoms with Gasteiger partial charge in [-0.1, -0.05) is 23.7 Å². The highest BCUT2D eigenvalue weighted by atomic mass is 35.5. The van der Waals surface area contributed by atoms with Crippen molar-refractivity contribution >= 4 is 17.4 Å². The smallest absolute Gasteiger partial charge is 0.211 e. The zero-order valence-corrected chi connectivity index (χ0v) is 11.5. The lowest BCUT2D eigenvalue weighted by Crippen LogP contribution is -2.20. The number of carbonyl (C=O) groups excluding carboxylic acids is 1. The summed E-state index contributed by atoms with van der Waals surface area (Å²) in [5.74, 6) is -0.467. The summed E-state index contributed by atoms with van der Waals surface area (Å²) in [6, 6.07) is 8.33. The van der Waals surface area contributed by atoms with Crippen LogP contribution in [0.2, 0.25) is 5.02 Å². The summed E-state index contributed by atoms with van der Waals surface area (Å²) in [7, 11) is 1.66. The van der Waals surface area contributed by atoms with Crippen LogP contribution in [-0.4, -0.2) is 22.6 Å². The van der Waals surface area contributed by atoms with Crippen molar-refractivity contribution in [2.45, 2.75) is 0 Å². The van der Waals surface area contributed by atoms with E-state index in [0.29, 0.717) is 10.7 Å². The summed E-state index contributed by atoms with van der Waals surface area (Å²) in [5.41, 5.74) is 0.0128. The van der Waals surface area contributed by atoms with E-state index in [1.165, 1.54) is 29.2 Å². The number of aromatic nitrogens is 2. The molecule has 1 aromatic heterocycles. The molecule has 0 amide bonds. The maximum Gasteiger partial charge on any atom is 0.211 e. The summed E-state index contributed by atoms with van der Waals surface area (Å²) in [6.45, 7) is 0. The molecule has 0 spiro atoms. The molecule has 0 radical (unpaired) electrons. The molecule has 0 atom stereocenters. The molecular formula is C14H12ClN3O2. The Bertz CT molecular complexity index is 722. The van der Waals surface area contributed by atoms with Crippen molar-refractivity contribution in [2.75, 3.05) is 7.05 Å². The number of allylic oxidation sites excluding steroid dienone is 1. The van der Waals surface area contributed by atoms with Gasteiger partial charge in [-0.15, -0.1) is 0 Å². The van der Waals surface area contributed by atoms with Gasteiger partial charge in [-0.25, -0.2) is 4.68 Å². The van der Waals surface area contributed by atoms with E-state index >= 15 is 0 Å². The van der Waals surface area contributed by atoms with Gasteiger partial charge in [0.2, 0.25) is 11.2 Å². The third-order valence-electron chi connectivity index (χ3n) is 2.54. The van der Waals surface area contributed by atoms with Crippen molar-refractivity contribution in [2.24, 2.45) is 0 Å². The Kier molecular flexibility index (Phi) is 4.32. The molecule has 2 rings (SSSR count). The molecule has 5 nitrogen and oxygen atoms in total. The van der Waals surface area contributed by atoms with Crippen LogP contribution in [-0.2, 0) is 0 Å². The Hall–Kier alpha value is -2.40. The van der Waals surface area contributed by atoms with E-state index in [4.69, 9.17) is 11.6 Å². The molecule has 0 saturated heterocycles. The zero-order chi connectivity index (χ0) is 14.5. The van der Waals surface area contributed by atoms with Crippen molar-refractivity contribution in [1.29, 1.82) is 0 Å². The van der Waals surface area contributed by atoms with Crippen molar-refractivity contribution in [3.8, 4) is 5.69 Å². The van der Waals surface area contributed by atoms with Gasteiger partial charge in [-0.2, -0.15) is 5.10 Å². The van der Waals surface area contributed by atoms with E-state index in [2.05, 4.69) is 10.4 Å². The van der Waals surface area contributed by atoms with E-state index in [9.17, 15) is 9.59 Å². The van der Waals surface area contributed by atoms with Crippen LogP contribution in [0, 0.1) is 0 Å². The first-order valence-corrected chi connectivity index (χ1v) is 6.24. The SMILES string of the molecule is CN/C=C/C(=O)c1nn(-c2ccccc2Cl)ccc1=O. The summed E-state index contributed by atoms with van der Waals surface area (Å²) in [4.78, 5) is 23.6. The minimum atomic E-state index is -0.467. The number of benzene rings is 1. The Balaban J connectivity index is 2.49. The van der Waals surface area contributed by atoms with Gasteiger partial charge in [0.1, 0.15) is 0 Å². The van der Waals surface area contributed by atoms with E-state index in [1.54, 1.807) is 31.3 Å². The van der Waals surface area contributed by atoms with Crippen LogP contribution in [0.3, 0.4) is 0 Å². The van der Waals surface area contributed by atoms with Crippen molar-refractivity contribution in [3.05, 3.63) is 69.7 Å². The highest BCUT2D eigenvalue weighted by molar-refractivity contribution is 6.32. The number of para-hydroxylation sites is 1. The quantitative estimate of drug-likeness (QED) is 0.689. The van der Waals surface area contributed by atoms with Crippen LogP contribution in [0.1, 0.15) is 10.5 Å². The van der Waals surface area contributed by atoms with Crippen molar-refractivity contribution < 1.29 is 4.79 Å². The number of nitrogens with zero attached hydrogens (tertiary/aromatic N) is 2. The fourth-order valence-corrected chi connectivity index (χ4v) is 1.81. The molecule has 0 aliphatic rings. The lowest BCUT2D eigenvalue weighted by molar-refractivity contribution is 0.103. The second kappa shape index (κ2) is 6.16. The van der Waals surface area contributed by atoms with Gasteiger partial charge in [0.05, 0.1) is 10.7 Å². The van der Waals surface area contributed by atoms with E-state index in [0.717, 1.165) is 0 Å². The minimum absolute atomic E-state index is 0.154. The Morgan fingerprint density at radius 3 is 2.80 bits per heavy atom. The number of nitrogens with one attached hydrogen (secondary N) is 1. The lowest BCUT2D eigenvalue weighted by atomic mass is 10.2. The van der Waals surface area contributed by atoms with Gasteiger partial charge in [0.25, 0.3) is 0 Å². The highest BCUT2D eigenvalue weighted by Gasteiger charge is 2.11. The molecule has 1 aromatic carbocycles. The van der Waals surface area contributed by atoms with Gasteiger partial charge >= 0.3 is 0 Å². The zero-order valence-electron chi connectivity index (χ0n) is 10.7. The summed E-state index contributed by atoms with van der Waals surface area (Å²) in [5, 5.41) is 7.21. The van der Waals surface area contributed by atoms with Crippen LogP contribution in [0.25, 0.3) is 5.69 Å². The second-order valence-electron chi connectivity index (χ2n) is 3.91. The molecule has 0 saturated carbocycles. The average Bonchev–Trinajstić information content (AvgIpc) is 2.46. The predicted octanol–water partition coefficient (Wildman–Crippen LogP) is 1.80. The monoisotopic (exact) mass is 289 g/mol. The Morgan fingerprint density at radius 2 is 2.10 bits per heavy atom. The summed E-state index contributed by atoms with van der Waals surface area (Å²) >= 11 is 6.07. The molecule has 6 heteroatoms. The molecule has 0 fully saturated rings. The average molecular weight is 290 g/mol. The fourth-order valence-electron chi connectivity index (χ4n) is 1.59. The van der Waals surface area contributed by atoms with Gasteiger partial charge in [-0.05, 0) is 12.1 Å². The second-order valence-corrected chi connectivity index (χ2v) is 4.32. The molecule has 0 unspecified atom stereocenters. The molecule has 1 heterocycles. The van der Waals surface area contributed by atoms with Crippen LogP contribution in [0.5, 0.6) is 0 Å². The number of rotatable bonds is 4. The van der Waals surface area contributed by atoms with Gasteiger partial charge in [0.15, 0.2) is 5.69 Å². The van der Waals surface area contributed by atoms with Gasteiger partial charge in [-0.3, -0.25) is 9.59 Å². The number of halogens is 1. The third-order valence-corrected chi connectivity index (χ3v) is 2.86. The highest BCUT2D eigenvalue weighted by Crippen LogP contribution is 2.18. The standard InChI is InChI=1S/C14H12ClN3O2/c1-16-8-6-12(19)14-13(20)7-9-18(17-14)11-5-3-2-4-10(11)15/h2-9,16H,1H3/b8-6+. The Labute approximate surface area is 120 Å². The summed E-state index contributed by atoms with van der Waals surface area (Å²) in [6.07, 6.45) is 4.17. The minimum Gasteiger partial charge on any atom is -0.394 e. The maximum atomic E-state index is 11.9. The van der Waals surface area contributed by atoms with Gasteiger partial charge < -0.3 is 5.32 Å². The first kappa shape index (κ1) is 14.0. The van der Waals surface area contributed by atoms with Crippen molar-refractivity contribution in [1.82, 2.24) is 15.1 Å². The molecule has 0 aliphatic heterocycles. The van der Waals surface area contributed by atoms with Crippen LogP contribution in [0.15, 0.2) is 53.6 Å². The number of carbonyl (C=O) groups is 1. The number of hydrogen-bond acceptors (Lipinski definition) is 4. The number of hydrogen-bond donors (Lipinski definition) is 1. The van der Waals surface area contributed by atoms with Gasteiger partial charge in [0, 0.05) is 31.6 Å². The first-order chi connectivity index (χ1) is 9.63. The van der Waals surface area contributed by atoms with E-state index in [-0.39, 0.29) is 5.69 Å². The third kappa shape index (κ3) is 2.95. The largest absolute Gasteiger partial charge is 0.394 e. The van der Waals surface area contributed by atoms with E-state index in [1.807, 2.05) is 0 Å². The first-order valence-electron chi connectivity index (χ1n) is 5.86. The maximum absolute atomic E-state index is 11.9. The molecular weight excluding hydrogens is 278 g/mol. The molecule has 0 bridgehead atoms. The molecule has 102 valence electrons. The molecule has 2 aromatic rings.